The largest absolute Gasteiger partial charge is 0.350 e. The number of likely N-dealkylation sites (tertiary alicyclic amines) is 1. The van der Waals surface area contributed by atoms with Gasteiger partial charge in [0.25, 0.3) is 0 Å². The van der Waals surface area contributed by atoms with Crippen molar-refractivity contribution >= 4 is 58.2 Å². The lowest BCUT2D eigenvalue weighted by Gasteiger charge is -2.42. The third kappa shape index (κ3) is 2.08. The van der Waals surface area contributed by atoms with Crippen molar-refractivity contribution in [2.75, 3.05) is 20.8 Å². The number of hydrogen-bond donors (Lipinski definition) is 0. The number of ether oxygens (including phenoxy) is 2. The fourth-order valence-corrected chi connectivity index (χ4v) is 7.03. The van der Waals surface area contributed by atoms with E-state index >= 15 is 0 Å². The number of amides is 2. The number of carbonyl (C=O) groups is 2. The van der Waals surface area contributed by atoms with Crippen LogP contribution in [0.3, 0.4) is 0 Å². The highest BCUT2D eigenvalue weighted by Crippen LogP contribution is 2.75. The number of benzene rings is 1. The van der Waals surface area contributed by atoms with Gasteiger partial charge in [0.05, 0.1) is 21.9 Å². The lowest BCUT2D eigenvalue weighted by molar-refractivity contribution is -0.222. The average molecular weight is 465 g/mol. The molecule has 28 heavy (non-hydrogen) atoms. The molecule has 1 saturated carbocycles. The van der Waals surface area contributed by atoms with Crippen LogP contribution in [0.5, 0.6) is 0 Å². The van der Waals surface area contributed by atoms with Gasteiger partial charge in [-0.3, -0.25) is 14.5 Å². The second kappa shape index (κ2) is 6.59. The van der Waals surface area contributed by atoms with Gasteiger partial charge in [0.15, 0.2) is 0 Å². The number of methoxy groups -OCH3 is 2. The quantitative estimate of drug-likeness (QED) is 0.380. The number of carbonyl (C=O) groups excluding carboxylic acids is 2. The van der Waals surface area contributed by atoms with Gasteiger partial charge in [0, 0.05) is 20.8 Å². The summed E-state index contributed by atoms with van der Waals surface area (Å²) in [6, 6.07) is 9.55. The Morgan fingerprint density at radius 3 is 1.82 bits per heavy atom. The number of hydrogen-bond acceptors (Lipinski definition) is 4. The maximum Gasteiger partial charge on any atom is 0.235 e. The molecule has 1 heterocycles. The van der Waals surface area contributed by atoms with Gasteiger partial charge in [0.2, 0.25) is 17.6 Å². The summed E-state index contributed by atoms with van der Waals surface area (Å²) in [5.41, 5.74) is 1.00. The van der Waals surface area contributed by atoms with Gasteiger partial charge in [-0.1, -0.05) is 53.5 Å². The number of imide groups is 1. The van der Waals surface area contributed by atoms with Crippen LogP contribution in [0, 0.1) is 11.8 Å². The van der Waals surface area contributed by atoms with Gasteiger partial charge in [-0.05, 0) is 12.0 Å². The smallest absolute Gasteiger partial charge is 0.235 e. The lowest BCUT2D eigenvalue weighted by Crippen LogP contribution is -2.60. The number of nitrogens with zero attached hydrogens (tertiary/aromatic N) is 1. The Morgan fingerprint density at radius 1 is 0.929 bits per heavy atom. The summed E-state index contributed by atoms with van der Waals surface area (Å²) < 4.78 is 11.1. The first-order chi connectivity index (χ1) is 13.2. The second-order valence-corrected chi connectivity index (χ2v) is 9.04. The molecule has 0 aromatic heterocycles. The van der Waals surface area contributed by atoms with Crippen molar-refractivity contribution in [2.24, 2.45) is 11.8 Å². The van der Waals surface area contributed by atoms with Crippen molar-refractivity contribution < 1.29 is 19.1 Å². The third-order valence-electron chi connectivity index (χ3n) is 6.09. The molecule has 4 unspecified atom stereocenters. The summed E-state index contributed by atoms with van der Waals surface area (Å²) in [5.74, 6) is -4.73. The summed E-state index contributed by atoms with van der Waals surface area (Å²) in [6.07, 6.45) is 0.511. The molecule has 1 aromatic rings. The molecular formula is C19H17Cl4NO4. The highest BCUT2D eigenvalue weighted by molar-refractivity contribution is 6.53. The van der Waals surface area contributed by atoms with Crippen LogP contribution in [0.15, 0.2) is 40.4 Å². The second-order valence-electron chi connectivity index (χ2n) is 7.10. The molecule has 1 aliphatic heterocycles. The van der Waals surface area contributed by atoms with E-state index in [0.717, 1.165) is 5.56 Å². The van der Waals surface area contributed by atoms with Crippen LogP contribution < -0.4 is 0 Å². The van der Waals surface area contributed by atoms with Crippen LogP contribution >= 0.6 is 46.4 Å². The monoisotopic (exact) mass is 463 g/mol. The fraction of sp³-hybridized carbons (Fsp3) is 0.474. The Kier molecular flexibility index (Phi) is 4.82. The molecule has 1 saturated heterocycles. The summed E-state index contributed by atoms with van der Waals surface area (Å²) in [5, 5.41) is -0.0521. The highest BCUT2D eigenvalue weighted by atomic mass is 35.5. The number of alkyl halides is 2. The number of rotatable bonds is 5. The zero-order valence-electron chi connectivity index (χ0n) is 15.0. The molecule has 9 heteroatoms. The van der Waals surface area contributed by atoms with Crippen molar-refractivity contribution in [3.63, 3.8) is 0 Å². The van der Waals surface area contributed by atoms with Crippen LogP contribution in [-0.4, -0.2) is 53.0 Å². The van der Waals surface area contributed by atoms with E-state index in [1.165, 1.54) is 19.1 Å². The Hall–Kier alpha value is -0.820. The lowest BCUT2D eigenvalue weighted by atomic mass is 9.84. The average Bonchev–Trinajstić information content (AvgIpc) is 3.11. The molecular weight excluding hydrogens is 448 g/mol. The molecule has 2 fully saturated rings. The van der Waals surface area contributed by atoms with E-state index in [2.05, 4.69) is 0 Å². The first-order valence-electron chi connectivity index (χ1n) is 8.65. The van der Waals surface area contributed by atoms with Gasteiger partial charge in [-0.25, -0.2) is 0 Å². The maximum atomic E-state index is 13.3. The van der Waals surface area contributed by atoms with E-state index in [1.807, 2.05) is 30.3 Å². The van der Waals surface area contributed by atoms with Crippen LogP contribution in [0.25, 0.3) is 0 Å². The third-order valence-corrected chi connectivity index (χ3v) is 8.70. The van der Waals surface area contributed by atoms with Gasteiger partial charge in [-0.2, -0.15) is 0 Å². The molecule has 3 aliphatic rings. The normalized spacial score (nSPS) is 35.9. The Labute approximate surface area is 182 Å². The van der Waals surface area contributed by atoms with Gasteiger partial charge >= 0.3 is 0 Å². The Morgan fingerprint density at radius 2 is 1.39 bits per heavy atom. The molecule has 0 spiro atoms. The molecule has 4 atom stereocenters. The molecule has 0 N–H and O–H groups in total. The van der Waals surface area contributed by atoms with E-state index < -0.39 is 39.2 Å². The van der Waals surface area contributed by atoms with Gasteiger partial charge in [-0.15, -0.1) is 23.2 Å². The van der Waals surface area contributed by atoms with Gasteiger partial charge in [0.1, 0.15) is 9.75 Å². The highest BCUT2D eigenvalue weighted by Gasteiger charge is 2.89. The molecule has 4 rings (SSSR count). The first kappa shape index (κ1) is 20.5. The molecule has 0 radical (unpaired) electrons. The van der Waals surface area contributed by atoms with Gasteiger partial charge < -0.3 is 9.47 Å². The van der Waals surface area contributed by atoms with Crippen LogP contribution in [0.1, 0.15) is 5.56 Å². The van der Waals surface area contributed by atoms with Crippen molar-refractivity contribution in [2.45, 2.75) is 22.0 Å². The van der Waals surface area contributed by atoms with E-state index in [0.29, 0.717) is 6.42 Å². The zero-order chi connectivity index (χ0) is 20.5. The number of halogens is 4. The van der Waals surface area contributed by atoms with E-state index in [4.69, 9.17) is 55.9 Å². The molecule has 150 valence electrons. The summed E-state index contributed by atoms with van der Waals surface area (Å²) >= 11 is 26.6. The van der Waals surface area contributed by atoms with Crippen molar-refractivity contribution in [1.29, 1.82) is 0 Å². The van der Waals surface area contributed by atoms with Crippen LogP contribution in [0.4, 0.5) is 0 Å². The van der Waals surface area contributed by atoms with Crippen molar-refractivity contribution in [3.8, 4) is 0 Å². The van der Waals surface area contributed by atoms with Crippen LogP contribution in [-0.2, 0) is 25.5 Å². The fourth-order valence-electron chi connectivity index (χ4n) is 4.87. The topological polar surface area (TPSA) is 55.8 Å². The summed E-state index contributed by atoms with van der Waals surface area (Å²) in [6.45, 7) is 0.205. The minimum absolute atomic E-state index is 0.0261. The minimum Gasteiger partial charge on any atom is -0.350 e. The van der Waals surface area contributed by atoms with E-state index in [-0.39, 0.29) is 16.6 Å². The van der Waals surface area contributed by atoms with Crippen LogP contribution in [0.2, 0.25) is 0 Å². The molecule has 2 amide bonds. The molecule has 5 nitrogen and oxygen atoms in total. The molecule has 2 aliphatic carbocycles. The van der Waals surface area contributed by atoms with E-state index in [9.17, 15) is 9.59 Å². The predicted molar refractivity (Wildman–Crippen MR) is 106 cm³/mol. The van der Waals surface area contributed by atoms with Crippen molar-refractivity contribution in [1.82, 2.24) is 4.90 Å². The Balaban J connectivity index is 1.74. The predicted octanol–water partition coefficient (Wildman–Crippen LogP) is 3.49. The first-order valence-corrected chi connectivity index (χ1v) is 10.2. The minimum atomic E-state index is -1.75. The molecule has 2 bridgehead atoms. The Bertz CT molecular complexity index is 841. The zero-order valence-corrected chi connectivity index (χ0v) is 18.1. The van der Waals surface area contributed by atoms with E-state index in [1.54, 1.807) is 0 Å². The number of fused-ring (bicyclic) bond motifs is 5. The SMILES string of the molecule is COC1(OC)C2(Cl)C(Cl)=C(Cl)C1(Cl)C1C(=O)N(CCc3ccccc3)C(=O)C12. The standard InChI is InChI=1S/C19H17Cl4NO4/c1-27-19(28-2)17(22)11-12(18(19,23)14(21)13(17)20)16(26)24(15(11)25)9-8-10-6-4-3-5-7-10/h3-7,11-12H,8-9H2,1-2H3. The summed E-state index contributed by atoms with van der Waals surface area (Å²) in [7, 11) is 2.67. The van der Waals surface area contributed by atoms with Crippen molar-refractivity contribution in [3.05, 3.63) is 46.0 Å². The summed E-state index contributed by atoms with van der Waals surface area (Å²) in [4.78, 5) is 24.3. The molecule has 1 aromatic carbocycles. The maximum absolute atomic E-state index is 13.3.